The van der Waals surface area contributed by atoms with Crippen molar-refractivity contribution in [2.45, 2.75) is 109 Å². The normalized spacial score (nSPS) is 10.4. The lowest BCUT2D eigenvalue weighted by molar-refractivity contribution is -0.148. The van der Waals surface area contributed by atoms with Gasteiger partial charge in [0, 0.05) is 24.9 Å². The third kappa shape index (κ3) is 22.7. The van der Waals surface area contributed by atoms with E-state index in [4.69, 9.17) is 9.47 Å². The molecule has 0 atom stereocenters. The zero-order valence-corrected chi connectivity index (χ0v) is 25.9. The summed E-state index contributed by atoms with van der Waals surface area (Å²) >= 11 is 0. The van der Waals surface area contributed by atoms with Gasteiger partial charge < -0.3 is 14.4 Å². The number of hydrogen-bond donors (Lipinski definition) is 0. The maximum Gasteiger partial charge on any atom is 0.308 e. The van der Waals surface area contributed by atoms with Crippen molar-refractivity contribution in [2.75, 3.05) is 26.8 Å². The maximum atomic E-state index is 11.3. The molecule has 1 aromatic carbocycles. The molecule has 1 rings (SSSR count). The van der Waals surface area contributed by atoms with Gasteiger partial charge in [-0.1, -0.05) is 93.5 Å². The molecule has 0 saturated carbocycles. The molecule has 0 N–H and O–H groups in total. The number of likely N-dealkylation sites (N-methyl/N-ethyl adjacent to an activating group) is 1. The first-order valence-electron chi connectivity index (χ1n) is 14.0. The Kier molecular flexibility index (Phi) is 26.9. The second-order valence-electron chi connectivity index (χ2n) is 9.73. The highest BCUT2D eigenvalue weighted by atomic mass is 16.5. The van der Waals surface area contributed by atoms with Gasteiger partial charge in [0.05, 0.1) is 19.1 Å². The van der Waals surface area contributed by atoms with E-state index in [2.05, 4.69) is 51.8 Å². The highest BCUT2D eigenvalue weighted by Crippen LogP contribution is 2.11. The van der Waals surface area contributed by atoms with E-state index in [9.17, 15) is 9.59 Å². The van der Waals surface area contributed by atoms with Crippen LogP contribution in [0.5, 0.6) is 0 Å². The van der Waals surface area contributed by atoms with E-state index in [1.807, 2.05) is 67.5 Å². The number of carbonyl (C=O) groups is 2. The Morgan fingerprint density at radius 2 is 1.28 bits per heavy atom. The Bertz CT molecular complexity index is 636. The molecule has 0 bridgehead atoms. The predicted octanol–water partition coefficient (Wildman–Crippen LogP) is 7.60. The average molecular weight is 510 g/mol. The third-order valence-corrected chi connectivity index (χ3v) is 5.13. The molecule has 0 heterocycles. The number of ether oxygens (including phenoxy) is 2. The molecule has 212 valence electrons. The summed E-state index contributed by atoms with van der Waals surface area (Å²) in [4.78, 5) is 24.8. The quantitative estimate of drug-likeness (QED) is 0.202. The number of benzene rings is 1. The molecule has 0 unspecified atom stereocenters. The number of Topliss-reactive ketones (excluding diaryl/α,β-unsaturated/α-hetero) is 1. The maximum absolute atomic E-state index is 11.3. The van der Waals surface area contributed by atoms with Crippen molar-refractivity contribution in [1.29, 1.82) is 0 Å². The summed E-state index contributed by atoms with van der Waals surface area (Å²) < 4.78 is 10.6. The first kappa shape index (κ1) is 38.8. The number of rotatable bonds is 13. The highest BCUT2D eigenvalue weighted by Gasteiger charge is 2.08. The van der Waals surface area contributed by atoms with Gasteiger partial charge in [0.2, 0.25) is 0 Å². The highest BCUT2D eigenvalue weighted by molar-refractivity contribution is 5.80. The largest absolute Gasteiger partial charge is 0.461 e. The average Bonchev–Trinajstić information content (AvgIpc) is 2.85. The fraction of sp³-hybridized carbons (Fsp3) is 0.742. The van der Waals surface area contributed by atoms with Crippen LogP contribution in [-0.4, -0.2) is 49.5 Å². The van der Waals surface area contributed by atoms with Crippen LogP contribution in [0, 0.1) is 17.8 Å². The van der Waals surface area contributed by atoms with Crippen molar-refractivity contribution >= 4 is 11.8 Å². The standard InChI is InChI=1S/C15H22O2.C12H25NO2.2C2H6/c1-11(2)9-13-5-7-14(8-6-13)10-17-15(16)12(3)4;1-10(2)12(14)6-8-15-9-7-13(5)11(3)4;2*1-2/h5-8,11-12H,9-10H2,1-4H3;10-11H,6-9H2,1-5H3;2*1-2H3. The molecule has 5 nitrogen and oxygen atoms in total. The first-order chi connectivity index (χ1) is 16.9. The monoisotopic (exact) mass is 509 g/mol. The van der Waals surface area contributed by atoms with Crippen LogP contribution in [0.1, 0.15) is 101 Å². The predicted molar refractivity (Wildman–Crippen MR) is 155 cm³/mol. The zero-order chi connectivity index (χ0) is 28.7. The minimum absolute atomic E-state index is 0.0600. The van der Waals surface area contributed by atoms with Gasteiger partial charge in [-0.25, -0.2) is 0 Å². The van der Waals surface area contributed by atoms with E-state index in [1.54, 1.807) is 0 Å². The van der Waals surface area contributed by atoms with Crippen LogP contribution >= 0.6 is 0 Å². The van der Waals surface area contributed by atoms with Crippen LogP contribution in [0.2, 0.25) is 0 Å². The molecule has 0 aliphatic rings. The number of hydrogen-bond acceptors (Lipinski definition) is 5. The molecular weight excluding hydrogens is 450 g/mol. The van der Waals surface area contributed by atoms with Gasteiger partial charge in [-0.05, 0) is 44.4 Å². The van der Waals surface area contributed by atoms with E-state index in [1.165, 1.54) is 5.56 Å². The molecular formula is C31H59NO4. The second kappa shape index (κ2) is 25.0. The Labute approximate surface area is 224 Å². The smallest absolute Gasteiger partial charge is 0.308 e. The van der Waals surface area contributed by atoms with Crippen molar-refractivity contribution in [3.63, 3.8) is 0 Å². The molecule has 0 radical (unpaired) electrons. The molecule has 0 aliphatic heterocycles. The molecule has 5 heteroatoms. The van der Waals surface area contributed by atoms with Crippen molar-refractivity contribution in [1.82, 2.24) is 4.90 Å². The molecule has 0 spiro atoms. The molecule has 0 aliphatic carbocycles. The van der Waals surface area contributed by atoms with Gasteiger partial charge in [-0.15, -0.1) is 0 Å². The van der Waals surface area contributed by atoms with Gasteiger partial charge in [-0.2, -0.15) is 0 Å². The van der Waals surface area contributed by atoms with Crippen molar-refractivity contribution in [2.24, 2.45) is 17.8 Å². The van der Waals surface area contributed by atoms with Gasteiger partial charge in [0.1, 0.15) is 12.4 Å². The minimum atomic E-state index is -0.142. The lowest BCUT2D eigenvalue weighted by Crippen LogP contribution is -2.30. The summed E-state index contributed by atoms with van der Waals surface area (Å²) in [7, 11) is 2.08. The summed E-state index contributed by atoms with van der Waals surface area (Å²) in [5, 5.41) is 0. The van der Waals surface area contributed by atoms with Gasteiger partial charge >= 0.3 is 5.97 Å². The Balaban J connectivity index is -0.000000535. The van der Waals surface area contributed by atoms with E-state index in [0.717, 1.165) is 18.5 Å². The van der Waals surface area contributed by atoms with Gasteiger partial charge in [0.25, 0.3) is 0 Å². The van der Waals surface area contributed by atoms with Crippen molar-refractivity contribution in [3.05, 3.63) is 35.4 Å². The summed E-state index contributed by atoms with van der Waals surface area (Å²) in [6, 6.07) is 8.83. The van der Waals surface area contributed by atoms with E-state index in [0.29, 0.717) is 38.2 Å². The van der Waals surface area contributed by atoms with Crippen LogP contribution < -0.4 is 0 Å². The lowest BCUT2D eigenvalue weighted by atomic mass is 10.0. The van der Waals surface area contributed by atoms with Crippen molar-refractivity contribution in [3.8, 4) is 0 Å². The lowest BCUT2D eigenvalue weighted by Gasteiger charge is -2.20. The molecule has 0 amide bonds. The van der Waals surface area contributed by atoms with Gasteiger partial charge in [0.15, 0.2) is 0 Å². The van der Waals surface area contributed by atoms with E-state index in [-0.39, 0.29) is 23.6 Å². The first-order valence-corrected chi connectivity index (χ1v) is 14.0. The third-order valence-electron chi connectivity index (χ3n) is 5.13. The van der Waals surface area contributed by atoms with Crippen molar-refractivity contribution < 1.29 is 19.1 Å². The fourth-order valence-electron chi connectivity index (χ4n) is 2.59. The van der Waals surface area contributed by atoms with Crippen LogP contribution in [0.3, 0.4) is 0 Å². The second-order valence-corrected chi connectivity index (χ2v) is 9.73. The molecule has 0 aromatic heterocycles. The number of carbonyl (C=O) groups excluding carboxylic acids is 2. The van der Waals surface area contributed by atoms with Crippen LogP contribution in [-0.2, 0) is 32.1 Å². The number of nitrogens with zero attached hydrogens (tertiary/aromatic N) is 1. The van der Waals surface area contributed by atoms with E-state index >= 15 is 0 Å². The van der Waals surface area contributed by atoms with Crippen LogP contribution in [0.4, 0.5) is 0 Å². The summed E-state index contributed by atoms with van der Waals surface area (Å²) in [5.41, 5.74) is 2.38. The summed E-state index contributed by atoms with van der Waals surface area (Å²) in [6.07, 6.45) is 1.63. The molecule has 0 saturated heterocycles. The SMILES string of the molecule is CC.CC.CC(C)C(=O)CCOCCN(C)C(C)C.CC(C)Cc1ccc(COC(=O)C(C)C)cc1. The van der Waals surface area contributed by atoms with Gasteiger partial charge in [-0.3, -0.25) is 9.59 Å². The fourth-order valence-corrected chi connectivity index (χ4v) is 2.59. The topological polar surface area (TPSA) is 55.8 Å². The zero-order valence-electron chi connectivity index (χ0n) is 25.9. The summed E-state index contributed by atoms with van der Waals surface area (Å²) in [6.45, 7) is 26.8. The minimum Gasteiger partial charge on any atom is -0.461 e. The Hall–Kier alpha value is -1.72. The number of esters is 1. The molecule has 1 aromatic rings. The summed E-state index contributed by atoms with van der Waals surface area (Å²) in [5.74, 6) is 0.880. The van der Waals surface area contributed by atoms with E-state index < -0.39 is 0 Å². The molecule has 36 heavy (non-hydrogen) atoms. The van der Waals surface area contributed by atoms with Crippen LogP contribution in [0.15, 0.2) is 24.3 Å². The molecule has 0 fully saturated rings. The van der Waals surface area contributed by atoms with Crippen LogP contribution in [0.25, 0.3) is 0 Å². The Morgan fingerprint density at radius 1 is 0.778 bits per heavy atom. The Morgan fingerprint density at radius 3 is 1.69 bits per heavy atom. The number of ketones is 1.